The summed E-state index contributed by atoms with van der Waals surface area (Å²) in [5.41, 5.74) is 16.3. The zero-order valence-electron chi connectivity index (χ0n) is 37.3. The Morgan fingerprint density at radius 1 is 0.661 bits per heavy atom. The molecule has 9 aliphatic carbocycles. The molecule has 1 saturated heterocycles. The van der Waals surface area contributed by atoms with Crippen LogP contribution in [0.25, 0.3) is 0 Å². The lowest BCUT2D eigenvalue weighted by Gasteiger charge is -2.58. The normalized spacial score (nSPS) is 45.7. The Labute approximate surface area is 355 Å². The second kappa shape index (κ2) is 15.7. The van der Waals surface area contributed by atoms with Crippen LogP contribution in [0.15, 0.2) is 22.9 Å². The summed E-state index contributed by atoms with van der Waals surface area (Å²) < 4.78 is 0. The molecule has 1 heterocycles. The first-order valence-corrected chi connectivity index (χ1v) is 24.8. The molecule has 5 N–H and O–H groups in total. The standard InChI is InChI=1S/C26H40N2O2.C25H38N2O2/c1-25-15-13-22(29)23(27)20(25)9-8-17-18-10-11-21(26(18,2)14-12-19(17)25)24(30)28-16-6-4-3-5-7-16;1-24-11-10-19-17(7-6-16-14-22(28)21(26)15-25(16,19)2)18(24)8-9-20(24)23(29)27-12-4-3-5-13-27/h16-19,21H,3-15,27H2,1-2H3,(H,28,30);14,17-21H,3-13,15,26H2,1-2H3/t17-,18-,19-,21+,25+,26-;17?,18?,19?,20-,21?,24+,25+/m01/s1. The molecule has 8 nitrogen and oxygen atoms in total. The van der Waals surface area contributed by atoms with Gasteiger partial charge in [-0.3, -0.25) is 19.2 Å². The molecule has 13 atom stereocenters. The Balaban J connectivity index is 0.000000152. The van der Waals surface area contributed by atoms with Crippen LogP contribution in [0.5, 0.6) is 0 Å². The van der Waals surface area contributed by atoms with E-state index in [9.17, 15) is 19.2 Å². The lowest BCUT2D eigenvalue weighted by molar-refractivity contribution is -0.144. The first-order valence-electron chi connectivity index (χ1n) is 24.8. The molecular formula is C51H78N4O4. The van der Waals surface area contributed by atoms with E-state index in [1.807, 2.05) is 6.08 Å². The van der Waals surface area contributed by atoms with Gasteiger partial charge in [-0.05, 0) is 191 Å². The monoisotopic (exact) mass is 811 g/mol. The molecule has 0 radical (unpaired) electrons. The van der Waals surface area contributed by atoms with Crippen LogP contribution in [0, 0.1) is 69.0 Å². The van der Waals surface area contributed by atoms with Crippen molar-refractivity contribution < 1.29 is 19.2 Å². The van der Waals surface area contributed by atoms with Gasteiger partial charge in [-0.25, -0.2) is 0 Å². The third kappa shape index (κ3) is 6.84. The van der Waals surface area contributed by atoms with Crippen molar-refractivity contribution in [3.63, 3.8) is 0 Å². The number of rotatable bonds is 3. The number of piperidine rings is 1. The van der Waals surface area contributed by atoms with Crippen LogP contribution in [0.1, 0.15) is 175 Å². The molecule has 0 bridgehead atoms. The molecule has 0 aromatic rings. The summed E-state index contributed by atoms with van der Waals surface area (Å²) in [6.07, 6.45) is 27.7. The fraction of sp³-hybridized carbons (Fsp3) is 0.843. The van der Waals surface area contributed by atoms with E-state index in [4.69, 9.17) is 11.5 Å². The van der Waals surface area contributed by atoms with Gasteiger partial charge in [0, 0.05) is 37.4 Å². The highest BCUT2D eigenvalue weighted by Gasteiger charge is 2.62. The van der Waals surface area contributed by atoms with Crippen molar-refractivity contribution in [2.75, 3.05) is 13.1 Å². The predicted molar refractivity (Wildman–Crippen MR) is 232 cm³/mol. The topological polar surface area (TPSA) is 136 Å². The number of nitrogens with zero attached hydrogens (tertiary/aromatic N) is 1. The number of carbonyl (C=O) groups excluding carboxylic acids is 4. The van der Waals surface area contributed by atoms with Gasteiger partial charge in [-0.2, -0.15) is 0 Å². The molecule has 326 valence electrons. The first-order chi connectivity index (χ1) is 28.2. The highest BCUT2D eigenvalue weighted by Crippen LogP contribution is 2.68. The molecule has 4 unspecified atom stereocenters. The van der Waals surface area contributed by atoms with E-state index in [1.54, 1.807) is 0 Å². The minimum absolute atomic E-state index is 0.0898. The van der Waals surface area contributed by atoms with Crippen LogP contribution >= 0.6 is 0 Å². The summed E-state index contributed by atoms with van der Waals surface area (Å²) in [5.74, 6) is 5.46. The van der Waals surface area contributed by atoms with Crippen LogP contribution in [-0.2, 0) is 19.2 Å². The fourth-order valence-corrected chi connectivity index (χ4v) is 17.2. The van der Waals surface area contributed by atoms with Crippen molar-refractivity contribution in [1.29, 1.82) is 0 Å². The second-order valence-corrected chi connectivity index (χ2v) is 22.9. The number of ketones is 2. The molecule has 8 fully saturated rings. The fourth-order valence-electron chi connectivity index (χ4n) is 17.2. The molecule has 0 spiro atoms. The summed E-state index contributed by atoms with van der Waals surface area (Å²) in [4.78, 5) is 53.4. The maximum absolute atomic E-state index is 13.5. The minimum Gasteiger partial charge on any atom is -0.396 e. The summed E-state index contributed by atoms with van der Waals surface area (Å²) in [5, 5.41) is 3.45. The Morgan fingerprint density at radius 2 is 1.25 bits per heavy atom. The lowest BCUT2D eigenvalue weighted by atomic mass is 9.46. The van der Waals surface area contributed by atoms with Gasteiger partial charge in [-0.15, -0.1) is 0 Å². The minimum atomic E-state index is -0.326. The quantitative estimate of drug-likeness (QED) is 0.261. The van der Waals surface area contributed by atoms with E-state index >= 15 is 0 Å². The van der Waals surface area contributed by atoms with Gasteiger partial charge in [0.15, 0.2) is 11.6 Å². The van der Waals surface area contributed by atoms with Crippen molar-refractivity contribution >= 4 is 23.4 Å². The smallest absolute Gasteiger partial charge is 0.226 e. The van der Waals surface area contributed by atoms with Crippen LogP contribution in [0.2, 0.25) is 0 Å². The van der Waals surface area contributed by atoms with Crippen LogP contribution in [-0.4, -0.2) is 53.5 Å². The number of carbonyl (C=O) groups is 4. The van der Waals surface area contributed by atoms with E-state index in [2.05, 4.69) is 37.9 Å². The number of hydrogen-bond acceptors (Lipinski definition) is 6. The molecule has 10 rings (SSSR count). The third-order valence-corrected chi connectivity index (χ3v) is 20.5. The van der Waals surface area contributed by atoms with E-state index in [1.165, 1.54) is 81.8 Å². The number of nitrogens with one attached hydrogen (secondary N) is 1. The number of hydrogen-bond donors (Lipinski definition) is 3. The Hall–Kier alpha value is -2.48. The molecule has 7 saturated carbocycles. The van der Waals surface area contributed by atoms with Gasteiger partial charge < -0.3 is 21.7 Å². The van der Waals surface area contributed by atoms with E-state index in [-0.39, 0.29) is 51.1 Å². The highest BCUT2D eigenvalue weighted by molar-refractivity contribution is 5.97. The molecule has 1 aliphatic heterocycles. The summed E-state index contributed by atoms with van der Waals surface area (Å²) in [6, 6.07) is 0.0853. The number of allylic oxidation sites excluding steroid dienone is 2. The number of nitrogens with two attached hydrogens (primary N) is 2. The van der Waals surface area contributed by atoms with E-state index in [0.717, 1.165) is 83.7 Å². The molecule has 2 amide bonds. The third-order valence-electron chi connectivity index (χ3n) is 20.5. The van der Waals surface area contributed by atoms with Crippen molar-refractivity contribution in [3.8, 4) is 0 Å². The zero-order valence-corrected chi connectivity index (χ0v) is 37.3. The Bertz CT molecular complexity index is 1760. The largest absolute Gasteiger partial charge is 0.396 e. The van der Waals surface area contributed by atoms with Gasteiger partial charge in [0.25, 0.3) is 0 Å². The first kappa shape index (κ1) is 41.9. The van der Waals surface area contributed by atoms with Crippen LogP contribution in [0.3, 0.4) is 0 Å². The Kier molecular flexibility index (Phi) is 11.1. The Morgan fingerprint density at radius 3 is 1.93 bits per heavy atom. The van der Waals surface area contributed by atoms with Crippen molar-refractivity contribution in [2.45, 2.75) is 187 Å². The van der Waals surface area contributed by atoms with Crippen LogP contribution < -0.4 is 16.8 Å². The number of Topliss-reactive ketones (excluding diaryl/α,β-unsaturated/α-hetero) is 1. The van der Waals surface area contributed by atoms with Gasteiger partial charge in [-0.1, -0.05) is 52.5 Å². The van der Waals surface area contributed by atoms with Crippen molar-refractivity contribution in [1.82, 2.24) is 10.2 Å². The summed E-state index contributed by atoms with van der Waals surface area (Å²) >= 11 is 0. The lowest BCUT2D eigenvalue weighted by Crippen LogP contribution is -2.54. The molecule has 0 aromatic carbocycles. The predicted octanol–water partition coefficient (Wildman–Crippen LogP) is 8.95. The van der Waals surface area contributed by atoms with Crippen molar-refractivity contribution in [3.05, 3.63) is 22.9 Å². The van der Waals surface area contributed by atoms with Gasteiger partial charge in [0.2, 0.25) is 11.8 Å². The van der Waals surface area contributed by atoms with E-state index in [0.29, 0.717) is 65.5 Å². The van der Waals surface area contributed by atoms with Gasteiger partial charge in [0.1, 0.15) is 0 Å². The maximum Gasteiger partial charge on any atom is 0.226 e. The molecule has 59 heavy (non-hydrogen) atoms. The number of amides is 2. The molecule has 10 aliphatic rings. The maximum atomic E-state index is 13.5. The van der Waals surface area contributed by atoms with Gasteiger partial charge >= 0.3 is 0 Å². The summed E-state index contributed by atoms with van der Waals surface area (Å²) in [7, 11) is 0. The van der Waals surface area contributed by atoms with Crippen molar-refractivity contribution in [2.24, 2.45) is 80.5 Å². The molecular weight excluding hydrogens is 733 g/mol. The molecule has 0 aromatic heterocycles. The summed E-state index contributed by atoms with van der Waals surface area (Å²) in [6.45, 7) is 11.6. The number of fused-ring (bicyclic) bond motifs is 10. The highest BCUT2D eigenvalue weighted by atomic mass is 16.2. The zero-order chi connectivity index (χ0) is 41.5. The number of likely N-dealkylation sites (tertiary alicyclic amines) is 1. The SMILES string of the molecule is C[C@]12CC(N)C(=O)C=C1CCC1C2CC[C@@]2(C)C1CC[C@@H]2C(=O)N1CCCCC1.C[C@]12CC[C@H]3[C@@H](CCC4=C(N)C(=O)CC[C@@]43C)[C@@H]1CC[C@@H]2C(=O)NC1CCCCC1. The average Bonchev–Trinajstić information content (AvgIpc) is 3.78. The second-order valence-electron chi connectivity index (χ2n) is 22.9. The molecule has 8 heteroatoms. The van der Waals surface area contributed by atoms with Crippen LogP contribution in [0.4, 0.5) is 0 Å². The van der Waals surface area contributed by atoms with E-state index < -0.39 is 0 Å². The van der Waals surface area contributed by atoms with Gasteiger partial charge in [0.05, 0.1) is 11.7 Å². The average molecular weight is 811 g/mol.